The van der Waals surface area contributed by atoms with Crippen molar-refractivity contribution in [2.75, 3.05) is 6.61 Å². The molecule has 1 aromatic rings. The van der Waals surface area contributed by atoms with Gasteiger partial charge in [-0.05, 0) is 43.6 Å². The molecule has 0 aromatic heterocycles. The quantitative estimate of drug-likeness (QED) is 0.633. The van der Waals surface area contributed by atoms with Gasteiger partial charge in [-0.15, -0.1) is 0 Å². The van der Waals surface area contributed by atoms with Crippen molar-refractivity contribution in [2.45, 2.75) is 38.8 Å². The van der Waals surface area contributed by atoms with Gasteiger partial charge in [0.25, 0.3) is 0 Å². The first-order chi connectivity index (χ1) is 10.7. The lowest BCUT2D eigenvalue weighted by Gasteiger charge is -2.38. The molecule has 4 rings (SSSR count). The van der Waals surface area contributed by atoms with Crippen molar-refractivity contribution in [3.63, 3.8) is 0 Å². The molecule has 4 heteroatoms. The molecule has 1 saturated heterocycles. The van der Waals surface area contributed by atoms with E-state index < -0.39 is 5.41 Å². The number of ether oxygens (including phenoxy) is 1. The Morgan fingerprint density at radius 2 is 2.05 bits per heavy atom. The Kier molecular flexibility index (Phi) is 3.03. The van der Waals surface area contributed by atoms with Crippen molar-refractivity contribution < 1.29 is 14.3 Å². The molecule has 3 fully saturated rings. The summed E-state index contributed by atoms with van der Waals surface area (Å²) >= 11 is 0. The molecule has 1 aromatic carbocycles. The molecule has 1 aliphatic heterocycles. The molecule has 2 bridgehead atoms. The van der Waals surface area contributed by atoms with E-state index in [2.05, 4.69) is 0 Å². The maximum Gasteiger partial charge on any atom is 0.322 e. The van der Waals surface area contributed by atoms with E-state index in [1.807, 2.05) is 35.2 Å². The van der Waals surface area contributed by atoms with E-state index in [9.17, 15) is 9.59 Å². The summed E-state index contributed by atoms with van der Waals surface area (Å²) in [7, 11) is 0. The van der Waals surface area contributed by atoms with Crippen LogP contribution in [0, 0.1) is 17.3 Å². The van der Waals surface area contributed by atoms with Crippen LogP contribution in [0.25, 0.3) is 0 Å². The normalized spacial score (nSPS) is 35.2. The first-order valence-electron chi connectivity index (χ1n) is 8.21. The number of likely N-dealkylation sites (tertiary alicyclic amines) is 1. The molecule has 0 unspecified atom stereocenters. The summed E-state index contributed by atoms with van der Waals surface area (Å²) in [6, 6.07) is 10.3. The monoisotopic (exact) mass is 299 g/mol. The number of carbonyl (C=O) groups excluding carboxylic acids is 2. The summed E-state index contributed by atoms with van der Waals surface area (Å²) in [6.07, 6.45) is 2.95. The number of rotatable bonds is 4. The van der Waals surface area contributed by atoms with Crippen LogP contribution in [0.5, 0.6) is 0 Å². The maximum absolute atomic E-state index is 13.1. The second-order valence-electron chi connectivity index (χ2n) is 6.69. The summed E-state index contributed by atoms with van der Waals surface area (Å²) in [4.78, 5) is 27.5. The largest absolute Gasteiger partial charge is 0.465 e. The third-order valence-electron chi connectivity index (χ3n) is 5.75. The first-order valence-corrected chi connectivity index (χ1v) is 8.21. The SMILES string of the molecule is CCOC(=O)[C@]12C(=O)N(Cc3ccccc3)[C@@H]3CC[C@@H]1[C@@H]2C3. The molecule has 1 amide bonds. The molecule has 0 radical (unpaired) electrons. The maximum atomic E-state index is 13.1. The summed E-state index contributed by atoms with van der Waals surface area (Å²) in [6.45, 7) is 2.75. The zero-order valence-electron chi connectivity index (χ0n) is 12.8. The van der Waals surface area contributed by atoms with Gasteiger partial charge in [-0.1, -0.05) is 30.3 Å². The fourth-order valence-corrected chi connectivity index (χ4v) is 4.73. The van der Waals surface area contributed by atoms with Crippen molar-refractivity contribution >= 4 is 11.9 Å². The van der Waals surface area contributed by atoms with Crippen molar-refractivity contribution in [3.8, 4) is 0 Å². The molecule has 2 saturated carbocycles. The molecule has 4 nitrogen and oxygen atoms in total. The van der Waals surface area contributed by atoms with E-state index >= 15 is 0 Å². The molecule has 0 N–H and O–H groups in total. The average Bonchev–Trinajstić information content (AvgIpc) is 3.24. The Morgan fingerprint density at radius 1 is 1.27 bits per heavy atom. The number of esters is 1. The van der Waals surface area contributed by atoms with Crippen molar-refractivity contribution in [1.29, 1.82) is 0 Å². The Hall–Kier alpha value is -1.84. The van der Waals surface area contributed by atoms with Crippen molar-refractivity contribution in [3.05, 3.63) is 35.9 Å². The van der Waals surface area contributed by atoms with E-state index in [4.69, 9.17) is 4.74 Å². The van der Waals surface area contributed by atoms with Crippen LogP contribution in [-0.4, -0.2) is 29.4 Å². The molecular weight excluding hydrogens is 278 g/mol. The predicted molar refractivity (Wildman–Crippen MR) is 80.7 cm³/mol. The predicted octanol–water partition coefficient (Wildman–Crippen LogP) is 2.38. The number of fused-ring (bicyclic) bond motifs is 2. The van der Waals surface area contributed by atoms with Gasteiger partial charge in [0.2, 0.25) is 5.91 Å². The molecule has 3 aliphatic rings. The Morgan fingerprint density at radius 3 is 2.77 bits per heavy atom. The average molecular weight is 299 g/mol. The van der Waals surface area contributed by atoms with Crippen molar-refractivity contribution in [1.82, 2.24) is 4.90 Å². The first kappa shape index (κ1) is 13.8. The van der Waals surface area contributed by atoms with Crippen LogP contribution in [-0.2, 0) is 20.9 Å². The number of piperidine rings is 1. The zero-order chi connectivity index (χ0) is 15.3. The van der Waals surface area contributed by atoms with Gasteiger partial charge >= 0.3 is 5.97 Å². The van der Waals surface area contributed by atoms with Crippen LogP contribution in [0.3, 0.4) is 0 Å². The molecule has 0 spiro atoms. The highest BCUT2D eigenvalue weighted by atomic mass is 16.5. The van der Waals surface area contributed by atoms with Gasteiger partial charge in [0.05, 0.1) is 6.61 Å². The fourth-order valence-electron chi connectivity index (χ4n) is 4.73. The van der Waals surface area contributed by atoms with Gasteiger partial charge in [-0.2, -0.15) is 0 Å². The molecule has 1 heterocycles. The topological polar surface area (TPSA) is 46.6 Å². The van der Waals surface area contributed by atoms with Crippen LogP contribution >= 0.6 is 0 Å². The van der Waals surface area contributed by atoms with Crippen LogP contribution in [0.2, 0.25) is 0 Å². The molecule has 22 heavy (non-hydrogen) atoms. The van der Waals surface area contributed by atoms with Gasteiger partial charge in [0, 0.05) is 12.6 Å². The third-order valence-corrected chi connectivity index (χ3v) is 5.75. The highest BCUT2D eigenvalue weighted by Gasteiger charge is 2.79. The minimum Gasteiger partial charge on any atom is -0.465 e. The molecule has 116 valence electrons. The van der Waals surface area contributed by atoms with Gasteiger partial charge in [0.15, 0.2) is 5.41 Å². The van der Waals surface area contributed by atoms with Gasteiger partial charge in [-0.25, -0.2) is 0 Å². The van der Waals surface area contributed by atoms with E-state index in [0.29, 0.717) is 19.2 Å². The van der Waals surface area contributed by atoms with E-state index in [0.717, 1.165) is 24.8 Å². The van der Waals surface area contributed by atoms with E-state index in [1.54, 1.807) is 6.92 Å². The standard InChI is InChI=1S/C18H21NO3/c1-2-22-17(21)18-14-9-8-13(10-15(14)18)19(16(18)20)11-12-6-4-3-5-7-12/h3-7,13-15H,2,8-11H2,1H3/t13-,14-,15+,18-/m1/s1. The summed E-state index contributed by atoms with van der Waals surface area (Å²) in [5.41, 5.74) is 0.273. The lowest BCUT2D eigenvalue weighted by atomic mass is 9.89. The highest BCUT2D eigenvalue weighted by Crippen LogP contribution is 2.70. The second-order valence-corrected chi connectivity index (χ2v) is 6.69. The summed E-state index contributed by atoms with van der Waals surface area (Å²) < 4.78 is 5.26. The Bertz CT molecular complexity index is 608. The van der Waals surface area contributed by atoms with Crippen LogP contribution in [0.15, 0.2) is 30.3 Å². The number of carbonyl (C=O) groups is 2. The van der Waals surface area contributed by atoms with E-state index in [1.165, 1.54) is 0 Å². The third kappa shape index (κ3) is 1.70. The van der Waals surface area contributed by atoms with Gasteiger partial charge < -0.3 is 9.64 Å². The second kappa shape index (κ2) is 4.83. The molecular formula is C18H21NO3. The number of nitrogens with zero attached hydrogens (tertiary/aromatic N) is 1. The fraction of sp³-hybridized carbons (Fsp3) is 0.556. The molecule has 4 atom stereocenters. The van der Waals surface area contributed by atoms with Crippen LogP contribution < -0.4 is 0 Å². The lowest BCUT2D eigenvalue weighted by Crippen LogP contribution is -2.50. The lowest BCUT2D eigenvalue weighted by molar-refractivity contribution is -0.162. The zero-order valence-corrected chi connectivity index (χ0v) is 12.8. The number of benzene rings is 1. The Labute approximate surface area is 130 Å². The van der Waals surface area contributed by atoms with Crippen molar-refractivity contribution in [2.24, 2.45) is 17.3 Å². The Balaban J connectivity index is 1.64. The van der Waals surface area contributed by atoms with Crippen LogP contribution in [0.1, 0.15) is 31.7 Å². The van der Waals surface area contributed by atoms with Crippen LogP contribution in [0.4, 0.5) is 0 Å². The summed E-state index contributed by atoms with van der Waals surface area (Å²) in [5.74, 6) is 0.174. The molecule has 2 aliphatic carbocycles. The minimum absolute atomic E-state index is 0.0125. The minimum atomic E-state index is -0.849. The number of hydrogen-bond donors (Lipinski definition) is 0. The smallest absolute Gasteiger partial charge is 0.322 e. The van der Waals surface area contributed by atoms with Gasteiger partial charge in [-0.3, -0.25) is 9.59 Å². The summed E-state index contributed by atoms with van der Waals surface area (Å²) in [5, 5.41) is 0. The van der Waals surface area contributed by atoms with E-state index in [-0.39, 0.29) is 23.7 Å². The number of hydrogen-bond acceptors (Lipinski definition) is 3. The van der Waals surface area contributed by atoms with Gasteiger partial charge in [0.1, 0.15) is 0 Å². The number of amides is 1. The highest BCUT2D eigenvalue weighted by molar-refractivity contribution is 6.08.